The molecule has 0 spiro atoms. The number of ether oxygens (including phenoxy) is 1. The van der Waals surface area contributed by atoms with Crippen LogP contribution in [-0.4, -0.2) is 23.5 Å². The van der Waals surface area contributed by atoms with Gasteiger partial charge in [-0.05, 0) is 47.7 Å². The van der Waals surface area contributed by atoms with E-state index in [1.807, 2.05) is 24.3 Å². The molecule has 1 heterocycles. The third kappa shape index (κ3) is 3.08. The van der Waals surface area contributed by atoms with Crippen molar-refractivity contribution in [2.24, 2.45) is 0 Å². The minimum absolute atomic E-state index is 0.112. The number of hydrogen-bond acceptors (Lipinski definition) is 5. The molecule has 0 radical (unpaired) electrons. The fourth-order valence-electron chi connectivity index (χ4n) is 3.41. The van der Waals surface area contributed by atoms with E-state index in [1.54, 1.807) is 12.3 Å². The van der Waals surface area contributed by atoms with E-state index in [1.165, 1.54) is 27.8 Å². The number of aromatic nitrogens is 1. The molecule has 0 saturated carbocycles. The van der Waals surface area contributed by atoms with Crippen LogP contribution in [0.5, 0.6) is 0 Å². The molecule has 1 aliphatic carbocycles. The van der Waals surface area contributed by atoms with E-state index in [9.17, 15) is 9.59 Å². The van der Waals surface area contributed by atoms with Gasteiger partial charge in [0.25, 0.3) is 5.91 Å². The largest absolute Gasteiger partial charge is 0.466 e. The minimum atomic E-state index is -0.316. The van der Waals surface area contributed by atoms with Crippen molar-refractivity contribution in [1.82, 2.24) is 4.98 Å². The lowest BCUT2D eigenvalue weighted by molar-refractivity contribution is -0.142. The molecule has 1 aromatic heterocycles. The first-order chi connectivity index (χ1) is 12.7. The standard InChI is InChI=1S/C20H18N2O3S/c1-2-25-17(23)10-14-11-26-20(21-14)22-19(24)16-9-8-13-7-6-12-4-3-5-15(16)18(12)13/h3-5,8-9,11H,2,6-7,10H2,1H3,(H,21,22,24). The first kappa shape index (κ1) is 16.7. The molecule has 132 valence electrons. The van der Waals surface area contributed by atoms with Crippen molar-refractivity contribution in [3.05, 3.63) is 58.1 Å². The van der Waals surface area contributed by atoms with E-state index in [-0.39, 0.29) is 18.3 Å². The molecule has 0 fully saturated rings. The van der Waals surface area contributed by atoms with Gasteiger partial charge in [0.15, 0.2) is 5.13 Å². The van der Waals surface area contributed by atoms with Gasteiger partial charge in [0.05, 0.1) is 18.7 Å². The Bertz CT molecular complexity index is 999. The summed E-state index contributed by atoms with van der Waals surface area (Å²) < 4.78 is 4.92. The Balaban J connectivity index is 1.56. The fourth-order valence-corrected chi connectivity index (χ4v) is 4.12. The number of carbonyl (C=O) groups is 2. The van der Waals surface area contributed by atoms with Crippen LogP contribution in [0.2, 0.25) is 0 Å². The van der Waals surface area contributed by atoms with E-state index in [0.29, 0.717) is 23.0 Å². The number of nitrogens with zero attached hydrogens (tertiary/aromatic N) is 1. The molecule has 0 atom stereocenters. The number of thiazole rings is 1. The van der Waals surface area contributed by atoms with E-state index in [2.05, 4.69) is 16.4 Å². The van der Waals surface area contributed by atoms with Crippen molar-refractivity contribution in [3.63, 3.8) is 0 Å². The molecule has 5 nitrogen and oxygen atoms in total. The molecule has 2 aromatic carbocycles. The topological polar surface area (TPSA) is 68.3 Å². The highest BCUT2D eigenvalue weighted by atomic mass is 32.1. The predicted octanol–water partition coefficient (Wildman–Crippen LogP) is 3.75. The monoisotopic (exact) mass is 366 g/mol. The number of nitrogens with one attached hydrogen (secondary N) is 1. The summed E-state index contributed by atoms with van der Waals surface area (Å²) in [5.41, 5.74) is 3.86. The summed E-state index contributed by atoms with van der Waals surface area (Å²) in [6, 6.07) is 10.1. The normalized spacial score (nSPS) is 12.3. The molecule has 0 aliphatic heterocycles. The Kier molecular flexibility index (Phi) is 4.42. The number of amides is 1. The molecule has 4 rings (SSSR count). The second-order valence-electron chi connectivity index (χ2n) is 6.19. The van der Waals surface area contributed by atoms with E-state index in [4.69, 9.17) is 4.74 Å². The second-order valence-corrected chi connectivity index (χ2v) is 7.05. The van der Waals surface area contributed by atoms with E-state index in [0.717, 1.165) is 18.2 Å². The fraction of sp³-hybridized carbons (Fsp3) is 0.250. The summed E-state index contributed by atoms with van der Waals surface area (Å²) in [5, 5.41) is 7.29. The third-order valence-electron chi connectivity index (χ3n) is 4.52. The average molecular weight is 366 g/mol. The highest BCUT2D eigenvalue weighted by Gasteiger charge is 2.19. The lowest BCUT2D eigenvalue weighted by Gasteiger charge is -2.08. The van der Waals surface area contributed by atoms with Crippen LogP contribution in [0.3, 0.4) is 0 Å². The molecule has 0 saturated heterocycles. The first-order valence-corrected chi connectivity index (χ1v) is 9.48. The van der Waals surface area contributed by atoms with Crippen LogP contribution in [-0.2, 0) is 28.8 Å². The Hall–Kier alpha value is -2.73. The predicted molar refractivity (Wildman–Crippen MR) is 102 cm³/mol. The zero-order valence-electron chi connectivity index (χ0n) is 14.4. The zero-order valence-corrected chi connectivity index (χ0v) is 15.2. The zero-order chi connectivity index (χ0) is 18.1. The number of aryl methyl sites for hydroxylation is 2. The molecule has 1 N–H and O–H groups in total. The lowest BCUT2D eigenvalue weighted by atomic mass is 9.99. The Labute approximate surface area is 155 Å². The van der Waals surface area contributed by atoms with Gasteiger partial charge in [-0.2, -0.15) is 0 Å². The van der Waals surface area contributed by atoms with Gasteiger partial charge >= 0.3 is 5.97 Å². The highest BCUT2D eigenvalue weighted by molar-refractivity contribution is 7.14. The SMILES string of the molecule is CCOC(=O)Cc1csc(NC(=O)c2ccc3c4c(cccc24)CC3)n1. The van der Waals surface area contributed by atoms with Gasteiger partial charge in [-0.15, -0.1) is 11.3 Å². The van der Waals surface area contributed by atoms with Crippen LogP contribution in [0.25, 0.3) is 10.8 Å². The summed E-state index contributed by atoms with van der Waals surface area (Å²) in [6.45, 7) is 2.11. The van der Waals surface area contributed by atoms with Crippen molar-refractivity contribution < 1.29 is 14.3 Å². The first-order valence-electron chi connectivity index (χ1n) is 8.60. The van der Waals surface area contributed by atoms with Crippen LogP contribution in [0.4, 0.5) is 5.13 Å². The maximum atomic E-state index is 12.8. The Morgan fingerprint density at radius 2 is 2.00 bits per heavy atom. The van der Waals surface area contributed by atoms with Gasteiger partial charge in [-0.1, -0.05) is 24.3 Å². The molecular formula is C20H18N2O3S. The second kappa shape index (κ2) is 6.88. The summed E-state index contributed by atoms with van der Waals surface area (Å²) in [7, 11) is 0. The van der Waals surface area contributed by atoms with Crippen molar-refractivity contribution in [1.29, 1.82) is 0 Å². The van der Waals surface area contributed by atoms with Crippen LogP contribution in [0, 0.1) is 0 Å². The molecule has 0 unspecified atom stereocenters. The van der Waals surface area contributed by atoms with Crippen LogP contribution in [0.1, 0.15) is 34.1 Å². The van der Waals surface area contributed by atoms with Crippen LogP contribution < -0.4 is 5.32 Å². The minimum Gasteiger partial charge on any atom is -0.466 e. The van der Waals surface area contributed by atoms with Crippen LogP contribution >= 0.6 is 11.3 Å². The van der Waals surface area contributed by atoms with E-state index >= 15 is 0 Å². The van der Waals surface area contributed by atoms with E-state index < -0.39 is 0 Å². The van der Waals surface area contributed by atoms with Crippen molar-refractivity contribution in [2.75, 3.05) is 11.9 Å². The summed E-state index contributed by atoms with van der Waals surface area (Å²) in [4.78, 5) is 28.6. The summed E-state index contributed by atoms with van der Waals surface area (Å²) >= 11 is 1.31. The van der Waals surface area contributed by atoms with Gasteiger partial charge < -0.3 is 4.74 Å². The van der Waals surface area contributed by atoms with Gasteiger partial charge in [0, 0.05) is 10.9 Å². The number of carbonyl (C=O) groups excluding carboxylic acids is 2. The smallest absolute Gasteiger partial charge is 0.311 e. The molecule has 1 amide bonds. The van der Waals surface area contributed by atoms with Gasteiger partial charge in [-0.3, -0.25) is 14.9 Å². The average Bonchev–Trinajstić information content (AvgIpc) is 3.24. The van der Waals surface area contributed by atoms with Crippen LogP contribution in [0.15, 0.2) is 35.7 Å². The highest BCUT2D eigenvalue weighted by Crippen LogP contribution is 2.33. The molecule has 1 aliphatic rings. The molecule has 6 heteroatoms. The molecular weight excluding hydrogens is 348 g/mol. The third-order valence-corrected chi connectivity index (χ3v) is 5.33. The van der Waals surface area contributed by atoms with Crippen molar-refractivity contribution >= 4 is 39.1 Å². The van der Waals surface area contributed by atoms with Gasteiger partial charge in [-0.25, -0.2) is 4.98 Å². The number of benzene rings is 2. The number of esters is 1. The lowest BCUT2D eigenvalue weighted by Crippen LogP contribution is -2.13. The summed E-state index contributed by atoms with van der Waals surface area (Å²) in [5.74, 6) is -0.499. The maximum Gasteiger partial charge on any atom is 0.311 e. The van der Waals surface area contributed by atoms with Gasteiger partial charge in [0.1, 0.15) is 0 Å². The Morgan fingerprint density at radius 1 is 1.19 bits per heavy atom. The quantitative estimate of drug-likeness (QED) is 0.698. The van der Waals surface area contributed by atoms with Crippen molar-refractivity contribution in [2.45, 2.75) is 26.2 Å². The number of rotatable bonds is 5. The molecule has 26 heavy (non-hydrogen) atoms. The number of hydrogen-bond donors (Lipinski definition) is 1. The maximum absolute atomic E-state index is 12.8. The van der Waals surface area contributed by atoms with Gasteiger partial charge in [0.2, 0.25) is 0 Å². The number of anilines is 1. The molecule has 0 bridgehead atoms. The Morgan fingerprint density at radius 3 is 2.81 bits per heavy atom. The van der Waals surface area contributed by atoms with Crippen molar-refractivity contribution in [3.8, 4) is 0 Å². The molecule has 3 aromatic rings. The summed E-state index contributed by atoms with van der Waals surface area (Å²) in [6.07, 6.45) is 2.17.